The standard InChI is InChI=1S/C32H28N2O2S/c1-22-12-14-25(15-13-22)21-34-28-10-6-7-11-29(28)37-30(32(34)36)20-24-16-18-27(19-17-24)31(35)33-23(2)26-8-4-3-5-9-26/h3-20,23H,21H2,1-2H3,(H,33,35)/b30-20+. The Bertz CT molecular complexity index is 1440. The molecule has 4 aromatic rings. The molecule has 0 spiro atoms. The highest BCUT2D eigenvalue weighted by molar-refractivity contribution is 8.04. The quantitative estimate of drug-likeness (QED) is 0.283. The fourth-order valence-electron chi connectivity index (χ4n) is 4.28. The number of nitrogens with one attached hydrogen (secondary N) is 1. The molecule has 1 unspecified atom stereocenters. The molecule has 4 nitrogen and oxygen atoms in total. The van der Waals surface area contributed by atoms with Crippen LogP contribution in [-0.4, -0.2) is 11.8 Å². The molecular formula is C32H28N2O2S. The van der Waals surface area contributed by atoms with Gasteiger partial charge >= 0.3 is 0 Å². The molecule has 184 valence electrons. The Morgan fingerprint density at radius 1 is 0.892 bits per heavy atom. The number of aryl methyl sites for hydroxylation is 1. The van der Waals surface area contributed by atoms with Crippen LogP contribution in [0.2, 0.25) is 0 Å². The third-order valence-corrected chi connectivity index (χ3v) is 7.49. The molecule has 0 saturated heterocycles. The van der Waals surface area contributed by atoms with Gasteiger partial charge in [-0.25, -0.2) is 0 Å². The zero-order valence-electron chi connectivity index (χ0n) is 20.8. The zero-order valence-corrected chi connectivity index (χ0v) is 21.7. The van der Waals surface area contributed by atoms with Crippen LogP contribution < -0.4 is 10.2 Å². The second-order valence-corrected chi connectivity index (χ2v) is 10.3. The molecule has 37 heavy (non-hydrogen) atoms. The molecule has 1 aliphatic rings. The first kappa shape index (κ1) is 24.6. The van der Waals surface area contributed by atoms with Gasteiger partial charge in [-0.1, -0.05) is 96.2 Å². The summed E-state index contributed by atoms with van der Waals surface area (Å²) >= 11 is 1.48. The van der Waals surface area contributed by atoms with Crippen LogP contribution >= 0.6 is 11.8 Å². The lowest BCUT2D eigenvalue weighted by Crippen LogP contribution is -2.33. The highest BCUT2D eigenvalue weighted by Crippen LogP contribution is 2.42. The maximum atomic E-state index is 13.6. The molecule has 0 aliphatic carbocycles. The van der Waals surface area contributed by atoms with Gasteiger partial charge in [0.05, 0.1) is 23.2 Å². The third kappa shape index (κ3) is 5.68. The molecule has 0 aromatic heterocycles. The number of hydrogen-bond donors (Lipinski definition) is 1. The van der Waals surface area contributed by atoms with E-state index in [9.17, 15) is 9.59 Å². The van der Waals surface area contributed by atoms with Crippen LogP contribution in [0.3, 0.4) is 0 Å². The number of para-hydroxylation sites is 1. The summed E-state index contributed by atoms with van der Waals surface area (Å²) in [5, 5.41) is 3.04. The van der Waals surface area contributed by atoms with Gasteiger partial charge in [-0.05, 0) is 60.9 Å². The van der Waals surface area contributed by atoms with E-state index in [1.165, 1.54) is 17.3 Å². The average Bonchev–Trinajstić information content (AvgIpc) is 2.93. The van der Waals surface area contributed by atoms with Crippen LogP contribution in [-0.2, 0) is 11.3 Å². The van der Waals surface area contributed by atoms with Crippen molar-refractivity contribution in [2.75, 3.05) is 4.90 Å². The molecular weight excluding hydrogens is 476 g/mol. The maximum absolute atomic E-state index is 13.6. The van der Waals surface area contributed by atoms with Gasteiger partial charge in [0.25, 0.3) is 11.8 Å². The normalized spacial score (nSPS) is 14.8. The molecule has 4 aromatic carbocycles. The highest BCUT2D eigenvalue weighted by Gasteiger charge is 2.29. The first-order chi connectivity index (χ1) is 18.0. The number of amides is 2. The van der Waals surface area contributed by atoms with Crippen LogP contribution in [0.15, 0.2) is 113 Å². The smallest absolute Gasteiger partial charge is 0.265 e. The van der Waals surface area contributed by atoms with Crippen molar-refractivity contribution in [3.63, 3.8) is 0 Å². The third-order valence-electron chi connectivity index (χ3n) is 6.41. The summed E-state index contributed by atoms with van der Waals surface area (Å²) in [6.45, 7) is 4.53. The minimum absolute atomic E-state index is 0.0252. The number of nitrogens with zero attached hydrogens (tertiary/aromatic N) is 1. The maximum Gasteiger partial charge on any atom is 0.265 e. The van der Waals surface area contributed by atoms with Gasteiger partial charge in [-0.2, -0.15) is 0 Å². The van der Waals surface area contributed by atoms with Gasteiger partial charge in [-0.3, -0.25) is 9.59 Å². The van der Waals surface area contributed by atoms with E-state index in [4.69, 9.17) is 0 Å². The summed E-state index contributed by atoms with van der Waals surface area (Å²) in [6.07, 6.45) is 1.90. The van der Waals surface area contributed by atoms with Crippen LogP contribution in [0.4, 0.5) is 5.69 Å². The molecule has 1 aliphatic heterocycles. The van der Waals surface area contributed by atoms with Crippen molar-refractivity contribution < 1.29 is 9.59 Å². The van der Waals surface area contributed by atoms with Gasteiger partial charge in [0.1, 0.15) is 0 Å². The molecule has 0 saturated carbocycles. The topological polar surface area (TPSA) is 49.4 Å². The van der Waals surface area contributed by atoms with E-state index in [-0.39, 0.29) is 17.9 Å². The summed E-state index contributed by atoms with van der Waals surface area (Å²) in [4.78, 5) is 29.9. The Hall–Kier alpha value is -4.09. The Balaban J connectivity index is 1.35. The fraction of sp³-hybridized carbons (Fsp3) is 0.125. The number of anilines is 1. The summed E-state index contributed by atoms with van der Waals surface area (Å²) in [5.74, 6) is -0.153. The summed E-state index contributed by atoms with van der Waals surface area (Å²) in [6, 6.07) is 33.4. The number of carbonyl (C=O) groups excluding carboxylic acids is 2. The van der Waals surface area contributed by atoms with Gasteiger partial charge in [0, 0.05) is 10.5 Å². The van der Waals surface area contributed by atoms with Crippen molar-refractivity contribution in [2.24, 2.45) is 0 Å². The lowest BCUT2D eigenvalue weighted by atomic mass is 10.1. The molecule has 5 heteroatoms. The number of thioether (sulfide) groups is 1. The van der Waals surface area contributed by atoms with E-state index >= 15 is 0 Å². The summed E-state index contributed by atoms with van der Waals surface area (Å²) < 4.78 is 0. The Morgan fingerprint density at radius 3 is 2.30 bits per heavy atom. The Morgan fingerprint density at radius 2 is 1.57 bits per heavy atom. The van der Waals surface area contributed by atoms with Crippen LogP contribution in [0.1, 0.15) is 45.6 Å². The van der Waals surface area contributed by atoms with E-state index in [0.29, 0.717) is 17.0 Å². The molecule has 0 radical (unpaired) electrons. The van der Waals surface area contributed by atoms with E-state index in [1.807, 2.05) is 84.6 Å². The molecule has 0 bridgehead atoms. The summed E-state index contributed by atoms with van der Waals surface area (Å²) in [5.41, 5.74) is 5.71. The number of hydrogen-bond acceptors (Lipinski definition) is 3. The second kappa shape index (κ2) is 10.9. The Kier molecular flexibility index (Phi) is 7.24. The predicted molar refractivity (Wildman–Crippen MR) is 151 cm³/mol. The molecule has 1 atom stereocenters. The van der Waals surface area contributed by atoms with E-state index in [2.05, 4.69) is 36.5 Å². The minimum Gasteiger partial charge on any atom is -0.346 e. The summed E-state index contributed by atoms with van der Waals surface area (Å²) in [7, 11) is 0. The molecule has 5 rings (SSSR count). The number of rotatable bonds is 6. The highest BCUT2D eigenvalue weighted by atomic mass is 32.2. The minimum atomic E-state index is -0.128. The van der Waals surface area contributed by atoms with Gasteiger partial charge < -0.3 is 10.2 Å². The van der Waals surface area contributed by atoms with Crippen LogP contribution in [0.5, 0.6) is 0 Å². The van der Waals surface area contributed by atoms with Crippen molar-refractivity contribution in [1.29, 1.82) is 0 Å². The monoisotopic (exact) mass is 504 g/mol. The lowest BCUT2D eigenvalue weighted by molar-refractivity contribution is -0.114. The molecule has 2 amide bonds. The van der Waals surface area contributed by atoms with E-state index in [0.717, 1.165) is 27.3 Å². The van der Waals surface area contributed by atoms with Crippen molar-refractivity contribution in [2.45, 2.75) is 31.3 Å². The average molecular weight is 505 g/mol. The van der Waals surface area contributed by atoms with Crippen molar-refractivity contribution in [1.82, 2.24) is 5.32 Å². The van der Waals surface area contributed by atoms with Gasteiger partial charge in [0.15, 0.2) is 0 Å². The van der Waals surface area contributed by atoms with Crippen molar-refractivity contribution in [3.05, 3.63) is 136 Å². The van der Waals surface area contributed by atoms with Crippen molar-refractivity contribution >= 4 is 35.3 Å². The Labute approximate surface area is 222 Å². The van der Waals surface area contributed by atoms with E-state index < -0.39 is 0 Å². The molecule has 0 fully saturated rings. The number of fused-ring (bicyclic) bond motifs is 1. The molecule has 1 heterocycles. The van der Waals surface area contributed by atoms with E-state index in [1.54, 1.807) is 12.1 Å². The SMILES string of the molecule is Cc1ccc(CN2C(=O)/C(=C\c3ccc(C(=O)NC(C)c4ccccc4)cc3)Sc3ccccc32)cc1. The molecule has 1 N–H and O–H groups in total. The largest absolute Gasteiger partial charge is 0.346 e. The van der Waals surface area contributed by atoms with Crippen molar-refractivity contribution in [3.8, 4) is 0 Å². The van der Waals surface area contributed by atoms with Gasteiger partial charge in [-0.15, -0.1) is 0 Å². The van der Waals surface area contributed by atoms with Crippen LogP contribution in [0.25, 0.3) is 6.08 Å². The first-order valence-electron chi connectivity index (χ1n) is 12.3. The first-order valence-corrected chi connectivity index (χ1v) is 13.1. The predicted octanol–water partition coefficient (Wildman–Crippen LogP) is 7.17. The lowest BCUT2D eigenvalue weighted by Gasteiger charge is -2.30. The number of carbonyl (C=O) groups is 2. The zero-order chi connectivity index (χ0) is 25.8. The second-order valence-electron chi connectivity index (χ2n) is 9.18. The van der Waals surface area contributed by atoms with Crippen LogP contribution in [0, 0.1) is 6.92 Å². The van der Waals surface area contributed by atoms with Gasteiger partial charge in [0.2, 0.25) is 0 Å². The fourth-order valence-corrected chi connectivity index (χ4v) is 5.34. The number of benzene rings is 4.